The predicted octanol–water partition coefficient (Wildman–Crippen LogP) is 6.91. The molecular weight excluding hydrogens is 566 g/mol. The van der Waals surface area contributed by atoms with Crippen molar-refractivity contribution in [2.24, 2.45) is 0 Å². The van der Waals surface area contributed by atoms with E-state index < -0.39 is 0 Å². The molecule has 1 aliphatic heterocycles. The third-order valence-electron chi connectivity index (χ3n) is 4.48. The molecule has 1 saturated heterocycles. The van der Waals surface area contributed by atoms with Crippen molar-refractivity contribution in [1.82, 2.24) is 8.61 Å². The molecule has 0 bridgehead atoms. The molecule has 4 nitrogen and oxygen atoms in total. The van der Waals surface area contributed by atoms with E-state index >= 15 is 0 Å². The maximum atomic E-state index is 13.2. The van der Waals surface area contributed by atoms with Crippen LogP contribution in [0.1, 0.15) is 25.0 Å². The number of nitrogens with zero attached hydrogens (tertiary/aromatic N) is 3. The third-order valence-corrected chi connectivity index (χ3v) is 5.97. The van der Waals surface area contributed by atoms with Crippen LogP contribution in [-0.4, -0.2) is 48.4 Å². The van der Waals surface area contributed by atoms with Crippen molar-refractivity contribution in [2.75, 3.05) is 44.7 Å². The zero-order valence-corrected chi connectivity index (χ0v) is 24.2. The van der Waals surface area contributed by atoms with E-state index in [9.17, 15) is 4.39 Å². The molecule has 0 saturated carbocycles. The molecule has 0 amide bonds. The summed E-state index contributed by atoms with van der Waals surface area (Å²) in [6, 6.07) is 12.4. The van der Waals surface area contributed by atoms with Crippen molar-refractivity contribution in [3.8, 4) is 5.75 Å². The van der Waals surface area contributed by atoms with E-state index in [2.05, 4.69) is 42.4 Å². The van der Waals surface area contributed by atoms with Gasteiger partial charge in [-0.3, -0.25) is 6.58 Å². The van der Waals surface area contributed by atoms with Crippen LogP contribution in [0.2, 0.25) is 0 Å². The number of hydrogen-bond donors (Lipinski definition) is 0. The SMILES string of the molecule is CC.CSN1[CH-]N(SC)CC1.[CH-]=Cc1cc(F)ccc1CN(C)c1ccc(OC)cc1.[Cl][Ru+2]. The molecule has 0 spiro atoms. The summed E-state index contributed by atoms with van der Waals surface area (Å²) in [6.07, 6.45) is 5.63. The second-order valence-corrected chi connectivity index (χ2v) is 7.99. The van der Waals surface area contributed by atoms with Gasteiger partial charge in [0.25, 0.3) is 0 Å². The Kier molecular flexibility index (Phi) is 19.1. The molecule has 1 fully saturated rings. The van der Waals surface area contributed by atoms with Crippen LogP contribution in [0.5, 0.6) is 5.75 Å². The van der Waals surface area contributed by atoms with Crippen LogP contribution < -0.4 is 9.64 Å². The zero-order chi connectivity index (χ0) is 25.2. The molecule has 0 atom stereocenters. The molecule has 0 aromatic heterocycles. The maximum absolute atomic E-state index is 13.2. The Labute approximate surface area is 222 Å². The molecule has 2 aromatic carbocycles. The Morgan fingerprint density at radius 2 is 1.67 bits per heavy atom. The molecule has 3 rings (SSSR count). The van der Waals surface area contributed by atoms with Gasteiger partial charge in [0.1, 0.15) is 11.6 Å². The van der Waals surface area contributed by atoms with E-state index in [0.717, 1.165) is 30.1 Å². The second-order valence-electron chi connectivity index (χ2n) is 6.33. The second kappa shape index (κ2) is 19.5. The van der Waals surface area contributed by atoms with Crippen LogP contribution in [-0.2, 0) is 23.9 Å². The number of hydrogen-bond acceptors (Lipinski definition) is 6. The fraction of sp³-hybridized carbons (Fsp3) is 0.375. The number of ether oxygens (including phenoxy) is 1. The molecule has 1 heterocycles. The summed E-state index contributed by atoms with van der Waals surface area (Å²) in [7, 11) is 8.19. The average molecular weight is 600 g/mol. The van der Waals surface area contributed by atoms with E-state index in [4.69, 9.17) is 11.3 Å². The van der Waals surface area contributed by atoms with Crippen LogP contribution in [0.3, 0.4) is 0 Å². The number of rotatable bonds is 7. The predicted molar refractivity (Wildman–Crippen MR) is 142 cm³/mol. The first-order chi connectivity index (χ1) is 16.0. The number of halogens is 2. The van der Waals surface area contributed by atoms with E-state index in [-0.39, 0.29) is 5.82 Å². The van der Waals surface area contributed by atoms with Gasteiger partial charge in [0.15, 0.2) is 0 Å². The van der Waals surface area contributed by atoms with Gasteiger partial charge < -0.3 is 18.2 Å². The first-order valence-corrected chi connectivity index (χ1v) is 14.9. The van der Waals surface area contributed by atoms with Gasteiger partial charge in [-0.15, -0.1) is 35.5 Å². The van der Waals surface area contributed by atoms with Crippen molar-refractivity contribution in [3.63, 3.8) is 0 Å². The van der Waals surface area contributed by atoms with Crippen LogP contribution in [0, 0.1) is 19.1 Å². The van der Waals surface area contributed by atoms with E-state index in [1.165, 1.54) is 18.2 Å². The Morgan fingerprint density at radius 1 is 1.12 bits per heavy atom. The van der Waals surface area contributed by atoms with Crippen LogP contribution >= 0.6 is 33.6 Å². The molecule has 0 N–H and O–H groups in total. The summed E-state index contributed by atoms with van der Waals surface area (Å²) >= 11 is 5.37. The monoisotopic (exact) mass is 600 g/mol. The van der Waals surface area contributed by atoms with Gasteiger partial charge in [-0.05, 0) is 55.9 Å². The molecule has 0 aliphatic carbocycles. The number of benzene rings is 2. The summed E-state index contributed by atoms with van der Waals surface area (Å²) in [6.45, 7) is 14.7. The molecule has 185 valence electrons. The average Bonchev–Trinajstić information content (AvgIpc) is 3.36. The van der Waals surface area contributed by atoms with E-state index in [1.54, 1.807) is 37.1 Å². The molecular formula is C24H34ClFN3ORuS2. The summed E-state index contributed by atoms with van der Waals surface area (Å²) in [5.41, 5.74) is 2.75. The molecule has 0 radical (unpaired) electrons. The van der Waals surface area contributed by atoms with Gasteiger partial charge in [0.05, 0.1) is 7.11 Å². The Balaban J connectivity index is 0.000000658. The number of methoxy groups -OCH3 is 1. The normalized spacial score (nSPS) is 12.8. The van der Waals surface area contributed by atoms with Gasteiger partial charge in [0, 0.05) is 19.3 Å². The third kappa shape index (κ3) is 12.0. The van der Waals surface area contributed by atoms with E-state index in [0.29, 0.717) is 12.1 Å². The van der Waals surface area contributed by atoms with Crippen molar-refractivity contribution in [1.29, 1.82) is 0 Å². The quantitative estimate of drug-likeness (QED) is 0.194. The first kappa shape index (κ1) is 32.2. The van der Waals surface area contributed by atoms with E-state index in [1.807, 2.05) is 62.5 Å². The summed E-state index contributed by atoms with van der Waals surface area (Å²) in [5, 5.41) is 0. The van der Waals surface area contributed by atoms with Crippen LogP contribution in [0.15, 0.2) is 42.5 Å². The zero-order valence-electron chi connectivity index (χ0n) is 20.1. The topological polar surface area (TPSA) is 19.0 Å². The fourth-order valence-electron chi connectivity index (χ4n) is 2.78. The van der Waals surface area contributed by atoms with Gasteiger partial charge in [-0.1, -0.05) is 19.9 Å². The Hall–Kier alpha value is -0.757. The van der Waals surface area contributed by atoms with Crippen LogP contribution in [0.25, 0.3) is 6.08 Å². The summed E-state index contributed by atoms with van der Waals surface area (Å²) < 4.78 is 22.8. The summed E-state index contributed by atoms with van der Waals surface area (Å²) in [5.74, 6) is 0.539. The molecule has 9 heteroatoms. The van der Waals surface area contributed by atoms with Crippen molar-refractivity contribution < 1.29 is 26.4 Å². The van der Waals surface area contributed by atoms with Gasteiger partial charge >= 0.3 is 27.0 Å². The summed E-state index contributed by atoms with van der Waals surface area (Å²) in [4.78, 5) is 2.07. The molecule has 0 unspecified atom stereocenters. The fourth-order valence-corrected chi connectivity index (χ4v) is 3.79. The standard InChI is InChI=1S/C17H17FNO.C5H11N2S2.C2H6.ClH.Ru/c1-4-13-11-15(18)6-5-14(13)12-19(2)16-7-9-17(20-3)10-8-16;1-8-6-3-4-7(5-6)9-2;1-2;;/h1,4-11H,12H2,2-3H3;5H,3-4H2,1-2H3;1-2H3;1H;/q2*-1;;;+3/p-1. The molecule has 33 heavy (non-hydrogen) atoms. The van der Waals surface area contributed by atoms with Crippen LogP contribution in [0.4, 0.5) is 10.1 Å². The Bertz CT molecular complexity index is 777. The van der Waals surface area contributed by atoms with Gasteiger partial charge in [0.2, 0.25) is 0 Å². The first-order valence-electron chi connectivity index (χ1n) is 10.3. The number of anilines is 1. The van der Waals surface area contributed by atoms with Crippen molar-refractivity contribution >= 4 is 45.4 Å². The van der Waals surface area contributed by atoms with Crippen molar-refractivity contribution in [3.05, 3.63) is 72.7 Å². The van der Waals surface area contributed by atoms with Gasteiger partial charge in [-0.25, -0.2) is 10.5 Å². The Morgan fingerprint density at radius 3 is 2.09 bits per heavy atom. The van der Waals surface area contributed by atoms with Crippen molar-refractivity contribution in [2.45, 2.75) is 20.4 Å². The minimum absolute atomic E-state index is 0.280. The molecule has 2 aromatic rings. The van der Waals surface area contributed by atoms with Gasteiger partial charge in [-0.2, -0.15) is 12.2 Å². The minimum atomic E-state index is -0.280. The molecule has 1 aliphatic rings.